The first kappa shape index (κ1) is 17.6. The van der Waals surface area contributed by atoms with E-state index in [9.17, 15) is 8.42 Å². The molecule has 8 heteroatoms. The van der Waals surface area contributed by atoms with E-state index in [0.29, 0.717) is 31.9 Å². The second-order valence-corrected chi connectivity index (χ2v) is 8.86. The molecule has 7 nitrogen and oxygen atoms in total. The van der Waals surface area contributed by atoms with Gasteiger partial charge in [-0.15, -0.1) is 0 Å². The highest BCUT2D eigenvalue weighted by molar-refractivity contribution is 7.86. The molecule has 0 spiro atoms. The molecule has 0 unspecified atom stereocenters. The Morgan fingerprint density at radius 2 is 2.33 bits per heavy atom. The van der Waals surface area contributed by atoms with E-state index in [2.05, 4.69) is 4.98 Å². The minimum atomic E-state index is -3.43. The van der Waals surface area contributed by atoms with Gasteiger partial charge < -0.3 is 9.47 Å². The van der Waals surface area contributed by atoms with Crippen LogP contribution in [0, 0.1) is 5.41 Å². The molecule has 0 amide bonds. The molecule has 24 heavy (non-hydrogen) atoms. The molecule has 134 valence electrons. The first-order valence-electron chi connectivity index (χ1n) is 8.26. The van der Waals surface area contributed by atoms with E-state index >= 15 is 0 Å². The van der Waals surface area contributed by atoms with Crippen molar-refractivity contribution in [2.75, 3.05) is 40.4 Å². The number of piperidine rings is 1. The van der Waals surface area contributed by atoms with Crippen LogP contribution in [0.4, 0.5) is 0 Å². The number of hydrogen-bond acceptors (Lipinski definition) is 5. The third-order valence-electron chi connectivity index (χ3n) is 4.90. The third-order valence-corrected chi connectivity index (χ3v) is 6.79. The molecular formula is C16H25N3O4S. The van der Waals surface area contributed by atoms with Gasteiger partial charge in [0.25, 0.3) is 10.2 Å². The molecule has 3 heterocycles. The standard InChI is InChI=1S/C16H25N3O4S/c1-18(2)24(20,21)19-9-6-15-16(12-19,7-4-10-22-15)13-23-14-5-3-8-17-11-14/h3,5,8,11,15H,4,6-7,9-10,12-13H2,1-2H3/t15-,16-/m1/s1. The molecule has 2 atom stereocenters. The summed E-state index contributed by atoms with van der Waals surface area (Å²) < 4.78 is 39.8. The van der Waals surface area contributed by atoms with Gasteiger partial charge in [-0.2, -0.15) is 17.0 Å². The van der Waals surface area contributed by atoms with E-state index in [4.69, 9.17) is 9.47 Å². The number of hydrogen-bond donors (Lipinski definition) is 0. The van der Waals surface area contributed by atoms with Crippen molar-refractivity contribution in [3.8, 4) is 5.75 Å². The Bertz CT molecular complexity index is 653. The van der Waals surface area contributed by atoms with Gasteiger partial charge >= 0.3 is 0 Å². The lowest BCUT2D eigenvalue weighted by Crippen LogP contribution is -2.59. The highest BCUT2D eigenvalue weighted by atomic mass is 32.2. The lowest BCUT2D eigenvalue weighted by molar-refractivity contribution is -0.128. The van der Waals surface area contributed by atoms with Crippen LogP contribution in [0.1, 0.15) is 19.3 Å². The average Bonchev–Trinajstić information content (AvgIpc) is 2.60. The predicted molar refractivity (Wildman–Crippen MR) is 89.9 cm³/mol. The molecule has 0 bridgehead atoms. The number of nitrogens with zero attached hydrogens (tertiary/aromatic N) is 3. The molecule has 0 radical (unpaired) electrons. The van der Waals surface area contributed by atoms with Crippen molar-refractivity contribution in [3.05, 3.63) is 24.5 Å². The topological polar surface area (TPSA) is 72.0 Å². The van der Waals surface area contributed by atoms with Gasteiger partial charge in [-0.05, 0) is 31.4 Å². The molecule has 2 saturated heterocycles. The van der Waals surface area contributed by atoms with E-state index < -0.39 is 10.2 Å². The Labute approximate surface area is 143 Å². The second-order valence-electron chi connectivity index (χ2n) is 6.72. The van der Waals surface area contributed by atoms with Crippen molar-refractivity contribution in [2.45, 2.75) is 25.4 Å². The SMILES string of the molecule is CN(C)S(=O)(=O)N1CC[C@H]2OCCC[C@]2(COc2cccnc2)C1. The lowest BCUT2D eigenvalue weighted by atomic mass is 9.73. The van der Waals surface area contributed by atoms with E-state index in [1.807, 2.05) is 12.1 Å². The zero-order valence-corrected chi connectivity index (χ0v) is 15.0. The zero-order valence-electron chi connectivity index (χ0n) is 14.2. The monoisotopic (exact) mass is 355 g/mol. The van der Waals surface area contributed by atoms with Crippen LogP contribution in [-0.2, 0) is 14.9 Å². The van der Waals surface area contributed by atoms with Crippen LogP contribution in [0.2, 0.25) is 0 Å². The summed E-state index contributed by atoms with van der Waals surface area (Å²) in [5.41, 5.74) is -0.310. The molecule has 3 rings (SSSR count). The fraction of sp³-hybridized carbons (Fsp3) is 0.688. The van der Waals surface area contributed by atoms with E-state index in [-0.39, 0.29) is 11.5 Å². The van der Waals surface area contributed by atoms with Crippen LogP contribution in [0.5, 0.6) is 5.75 Å². The first-order chi connectivity index (χ1) is 11.4. The molecule has 2 aliphatic heterocycles. The predicted octanol–water partition coefficient (Wildman–Crippen LogP) is 1.14. The molecule has 2 aliphatic rings. The Morgan fingerprint density at radius 1 is 1.50 bits per heavy atom. The van der Waals surface area contributed by atoms with Crippen molar-refractivity contribution in [1.82, 2.24) is 13.6 Å². The smallest absolute Gasteiger partial charge is 0.281 e. The van der Waals surface area contributed by atoms with Crippen molar-refractivity contribution < 1.29 is 17.9 Å². The molecular weight excluding hydrogens is 330 g/mol. The fourth-order valence-corrected chi connectivity index (χ4v) is 4.77. The summed E-state index contributed by atoms with van der Waals surface area (Å²) in [7, 11) is -0.294. The maximum Gasteiger partial charge on any atom is 0.281 e. The number of rotatable bonds is 5. The lowest BCUT2D eigenvalue weighted by Gasteiger charge is -2.49. The van der Waals surface area contributed by atoms with Gasteiger partial charge in [-0.1, -0.05) is 0 Å². The summed E-state index contributed by atoms with van der Waals surface area (Å²) in [4.78, 5) is 4.06. The van der Waals surface area contributed by atoms with Crippen molar-refractivity contribution >= 4 is 10.2 Å². The molecule has 0 saturated carbocycles. The third kappa shape index (κ3) is 3.42. The summed E-state index contributed by atoms with van der Waals surface area (Å²) >= 11 is 0. The molecule has 0 aliphatic carbocycles. The minimum Gasteiger partial charge on any atom is -0.491 e. The maximum atomic E-state index is 12.5. The van der Waals surface area contributed by atoms with Crippen LogP contribution in [0.3, 0.4) is 0 Å². The van der Waals surface area contributed by atoms with Crippen LogP contribution in [0.25, 0.3) is 0 Å². The summed E-state index contributed by atoms with van der Waals surface area (Å²) in [5.74, 6) is 0.698. The van der Waals surface area contributed by atoms with Gasteiger partial charge in [0.2, 0.25) is 0 Å². The Balaban J connectivity index is 1.79. The van der Waals surface area contributed by atoms with Crippen LogP contribution in [0.15, 0.2) is 24.5 Å². The number of ether oxygens (including phenoxy) is 2. The largest absolute Gasteiger partial charge is 0.491 e. The molecule has 2 fully saturated rings. The molecule has 0 aromatic carbocycles. The minimum absolute atomic E-state index is 0.0385. The number of aromatic nitrogens is 1. The summed E-state index contributed by atoms with van der Waals surface area (Å²) in [5, 5.41) is 0. The van der Waals surface area contributed by atoms with Crippen molar-refractivity contribution in [1.29, 1.82) is 0 Å². The Kier molecular flexibility index (Phi) is 5.10. The van der Waals surface area contributed by atoms with E-state index in [0.717, 1.165) is 19.4 Å². The van der Waals surface area contributed by atoms with Gasteiger partial charge in [0, 0.05) is 45.4 Å². The molecule has 1 aromatic rings. The number of pyridine rings is 1. The Morgan fingerprint density at radius 3 is 3.04 bits per heavy atom. The van der Waals surface area contributed by atoms with Crippen LogP contribution in [-0.4, -0.2) is 68.5 Å². The summed E-state index contributed by atoms with van der Waals surface area (Å²) in [6.07, 6.45) is 5.93. The van der Waals surface area contributed by atoms with Crippen molar-refractivity contribution in [3.63, 3.8) is 0 Å². The molecule has 1 aromatic heterocycles. The van der Waals surface area contributed by atoms with Gasteiger partial charge in [-0.3, -0.25) is 4.98 Å². The normalized spacial score (nSPS) is 28.5. The van der Waals surface area contributed by atoms with Gasteiger partial charge in [0.15, 0.2) is 0 Å². The van der Waals surface area contributed by atoms with Crippen molar-refractivity contribution in [2.24, 2.45) is 5.41 Å². The summed E-state index contributed by atoms with van der Waals surface area (Å²) in [6.45, 7) is 2.08. The van der Waals surface area contributed by atoms with Gasteiger partial charge in [-0.25, -0.2) is 0 Å². The fourth-order valence-electron chi connectivity index (χ4n) is 3.55. The van der Waals surface area contributed by atoms with Crippen LogP contribution >= 0.6 is 0 Å². The van der Waals surface area contributed by atoms with Crippen LogP contribution < -0.4 is 4.74 Å². The Hall–Kier alpha value is -1.22. The molecule has 0 N–H and O–H groups in total. The second kappa shape index (κ2) is 6.95. The van der Waals surface area contributed by atoms with E-state index in [1.54, 1.807) is 30.8 Å². The zero-order chi connectivity index (χ0) is 17.2. The van der Waals surface area contributed by atoms with Gasteiger partial charge in [0.05, 0.1) is 18.9 Å². The maximum absolute atomic E-state index is 12.5. The highest BCUT2D eigenvalue weighted by Gasteiger charge is 2.49. The quantitative estimate of drug-likeness (QED) is 0.792. The first-order valence-corrected chi connectivity index (χ1v) is 9.66. The average molecular weight is 355 g/mol. The number of fused-ring (bicyclic) bond motifs is 1. The summed E-state index contributed by atoms with van der Waals surface area (Å²) in [6, 6.07) is 3.69. The highest BCUT2D eigenvalue weighted by Crippen LogP contribution is 2.41. The van der Waals surface area contributed by atoms with Gasteiger partial charge in [0.1, 0.15) is 5.75 Å². The van der Waals surface area contributed by atoms with E-state index in [1.165, 1.54) is 4.31 Å².